The lowest BCUT2D eigenvalue weighted by molar-refractivity contribution is 0.166. The van der Waals surface area contributed by atoms with E-state index in [-0.39, 0.29) is 26.3 Å². The van der Waals surface area contributed by atoms with Crippen LogP contribution in [0, 0.1) is 0 Å². The van der Waals surface area contributed by atoms with Crippen molar-refractivity contribution in [1.82, 2.24) is 9.34 Å². The lowest BCUT2D eigenvalue weighted by Gasteiger charge is -2.02. The fraction of sp³-hybridized carbons (Fsp3) is 0.667. The first-order chi connectivity index (χ1) is 6.70. The highest BCUT2D eigenvalue weighted by molar-refractivity contribution is 7.41. The van der Waals surface area contributed by atoms with E-state index in [0.717, 1.165) is 9.34 Å². The molecule has 0 aromatic carbocycles. The molecule has 2 aliphatic heterocycles. The molecule has 2 fully saturated rings. The number of carbonyl (C=O) groups is 2. The molecule has 14 heavy (non-hydrogen) atoms. The molecule has 0 unspecified atom stereocenters. The molecule has 2 heterocycles. The number of hydrogen-bond donors (Lipinski definition) is 0. The van der Waals surface area contributed by atoms with Crippen molar-refractivity contribution >= 4 is 20.3 Å². The zero-order valence-electron chi connectivity index (χ0n) is 7.21. The van der Waals surface area contributed by atoms with Crippen molar-refractivity contribution in [3.63, 3.8) is 0 Å². The zero-order valence-corrected chi connectivity index (χ0v) is 8.11. The van der Waals surface area contributed by atoms with Gasteiger partial charge in [0.2, 0.25) is 0 Å². The van der Waals surface area contributed by atoms with Crippen molar-refractivity contribution in [3.05, 3.63) is 0 Å². The molecule has 0 radical (unpaired) electrons. The van der Waals surface area contributed by atoms with Crippen LogP contribution in [0.2, 0.25) is 0 Å². The van der Waals surface area contributed by atoms with E-state index in [9.17, 15) is 14.2 Å². The molecule has 2 saturated heterocycles. The Morgan fingerprint density at radius 1 is 1.00 bits per heavy atom. The Morgan fingerprint density at radius 2 is 1.43 bits per heavy atom. The average molecular weight is 219 g/mol. The van der Waals surface area contributed by atoms with Crippen molar-refractivity contribution < 1.29 is 23.6 Å². The highest BCUT2D eigenvalue weighted by Crippen LogP contribution is 2.36. The number of nitrogens with zero attached hydrogens (tertiary/aromatic N) is 2. The van der Waals surface area contributed by atoms with Gasteiger partial charge < -0.3 is 9.47 Å². The Labute approximate surface area is 80.4 Å². The summed E-state index contributed by atoms with van der Waals surface area (Å²) < 4.78 is 22.9. The maximum atomic E-state index is 11.7. The lowest BCUT2D eigenvalue weighted by Crippen LogP contribution is -2.26. The van der Waals surface area contributed by atoms with Crippen molar-refractivity contribution in [2.75, 3.05) is 26.3 Å². The highest BCUT2D eigenvalue weighted by Gasteiger charge is 2.49. The van der Waals surface area contributed by atoms with Gasteiger partial charge in [0.05, 0.1) is 0 Å². The van der Waals surface area contributed by atoms with Gasteiger partial charge in [-0.1, -0.05) is 9.34 Å². The van der Waals surface area contributed by atoms with Gasteiger partial charge in [0.1, 0.15) is 26.3 Å². The van der Waals surface area contributed by atoms with Crippen LogP contribution in [0.5, 0.6) is 0 Å². The molecule has 7 nitrogen and oxygen atoms in total. The van der Waals surface area contributed by atoms with E-state index in [1.165, 1.54) is 0 Å². The van der Waals surface area contributed by atoms with Gasteiger partial charge in [-0.3, -0.25) is 0 Å². The predicted octanol–water partition coefficient (Wildman–Crippen LogP) is 0.548. The van der Waals surface area contributed by atoms with E-state index < -0.39 is 20.3 Å². The van der Waals surface area contributed by atoms with E-state index in [0.29, 0.717) is 0 Å². The monoisotopic (exact) mass is 219 g/mol. The molecular formula is C6H8N2O5P+. The third-order valence-corrected chi connectivity index (χ3v) is 3.44. The van der Waals surface area contributed by atoms with Gasteiger partial charge in [-0.2, -0.15) is 0 Å². The van der Waals surface area contributed by atoms with Gasteiger partial charge in [0.25, 0.3) is 0 Å². The van der Waals surface area contributed by atoms with E-state index >= 15 is 0 Å². The lowest BCUT2D eigenvalue weighted by atomic mass is 10.7. The third-order valence-electron chi connectivity index (χ3n) is 1.89. The molecular weight excluding hydrogens is 211 g/mol. The highest BCUT2D eigenvalue weighted by atomic mass is 31.1. The maximum Gasteiger partial charge on any atom is 0.607 e. The summed E-state index contributed by atoms with van der Waals surface area (Å²) in [5.41, 5.74) is 0. The minimum absolute atomic E-state index is 0.211. The maximum absolute atomic E-state index is 11.7. The van der Waals surface area contributed by atoms with E-state index in [4.69, 9.17) is 0 Å². The van der Waals surface area contributed by atoms with Gasteiger partial charge in [-0.25, -0.2) is 9.59 Å². The van der Waals surface area contributed by atoms with Crippen LogP contribution in [0.1, 0.15) is 0 Å². The second kappa shape index (κ2) is 3.42. The fourth-order valence-corrected chi connectivity index (χ4v) is 2.37. The first-order valence-electron chi connectivity index (χ1n) is 4.06. The third kappa shape index (κ3) is 1.39. The van der Waals surface area contributed by atoms with Crippen LogP contribution in [0.3, 0.4) is 0 Å². The van der Waals surface area contributed by atoms with Crippen LogP contribution >= 0.6 is 8.10 Å². The molecule has 76 valence electrons. The van der Waals surface area contributed by atoms with Crippen LogP contribution < -0.4 is 0 Å². The number of cyclic esters (lactones) is 2. The normalized spacial score (nSPS) is 21.1. The van der Waals surface area contributed by atoms with Crippen LogP contribution in [0.25, 0.3) is 0 Å². The summed E-state index contributed by atoms with van der Waals surface area (Å²) in [5.74, 6) is 0. The Morgan fingerprint density at radius 3 is 1.71 bits per heavy atom. The predicted molar refractivity (Wildman–Crippen MR) is 43.7 cm³/mol. The zero-order chi connectivity index (χ0) is 10.1. The summed E-state index contributed by atoms with van der Waals surface area (Å²) in [7, 11) is -2.19. The van der Waals surface area contributed by atoms with Gasteiger partial charge >= 0.3 is 20.3 Å². The summed E-state index contributed by atoms with van der Waals surface area (Å²) in [6.45, 7) is 0.918. The molecule has 0 spiro atoms. The summed E-state index contributed by atoms with van der Waals surface area (Å²) in [4.78, 5) is 22.0. The number of carbonyl (C=O) groups excluding carboxylic acids is 2. The molecule has 2 aliphatic rings. The fourth-order valence-electron chi connectivity index (χ4n) is 1.21. The Kier molecular flexibility index (Phi) is 2.25. The summed E-state index contributed by atoms with van der Waals surface area (Å²) in [6, 6.07) is 0. The van der Waals surface area contributed by atoms with Crippen LogP contribution in [0.4, 0.5) is 9.59 Å². The van der Waals surface area contributed by atoms with Crippen LogP contribution in [-0.4, -0.2) is 47.8 Å². The van der Waals surface area contributed by atoms with Crippen molar-refractivity contribution in [2.45, 2.75) is 0 Å². The van der Waals surface area contributed by atoms with Crippen molar-refractivity contribution in [2.24, 2.45) is 0 Å². The average Bonchev–Trinajstić information content (AvgIpc) is 2.73. The molecule has 0 aromatic heterocycles. The Bertz CT molecular complexity index is 279. The minimum atomic E-state index is -2.19. The van der Waals surface area contributed by atoms with E-state index in [1.807, 2.05) is 0 Å². The summed E-state index contributed by atoms with van der Waals surface area (Å²) in [5, 5.41) is 0. The molecule has 0 aliphatic carbocycles. The van der Waals surface area contributed by atoms with Crippen LogP contribution in [-0.2, 0) is 14.0 Å². The Hall–Kier alpha value is -1.36. The molecule has 0 saturated carbocycles. The van der Waals surface area contributed by atoms with Gasteiger partial charge in [0, 0.05) is 0 Å². The quantitative estimate of drug-likeness (QED) is 0.634. The van der Waals surface area contributed by atoms with Crippen molar-refractivity contribution in [3.8, 4) is 0 Å². The SMILES string of the molecule is O=C1OCCN1[P+](=O)N1CCOC1=O. The smallest absolute Gasteiger partial charge is 0.445 e. The largest absolute Gasteiger partial charge is 0.607 e. The molecule has 0 aromatic rings. The number of ether oxygens (including phenoxy) is 2. The van der Waals surface area contributed by atoms with E-state index in [2.05, 4.69) is 9.47 Å². The molecule has 2 amide bonds. The molecule has 0 atom stereocenters. The van der Waals surface area contributed by atoms with E-state index in [1.54, 1.807) is 0 Å². The van der Waals surface area contributed by atoms with Crippen LogP contribution in [0.15, 0.2) is 0 Å². The topological polar surface area (TPSA) is 76.2 Å². The standard InChI is InChI=1S/C6H8N2O5P/c9-5-7(1-3-12-5)14(11)8-2-4-13-6(8)10/h1-4H2/q+1. The first kappa shape index (κ1) is 9.21. The number of hydrogen-bond acceptors (Lipinski definition) is 5. The first-order valence-corrected chi connectivity index (χ1v) is 5.22. The molecule has 2 rings (SSSR count). The number of rotatable bonds is 2. The van der Waals surface area contributed by atoms with Gasteiger partial charge in [-0.15, -0.1) is 0 Å². The molecule has 8 heteroatoms. The Balaban J connectivity index is 2.07. The minimum Gasteiger partial charge on any atom is -0.445 e. The van der Waals surface area contributed by atoms with Gasteiger partial charge in [0.15, 0.2) is 0 Å². The second-order valence-electron chi connectivity index (χ2n) is 2.73. The van der Waals surface area contributed by atoms with Gasteiger partial charge in [-0.05, 0) is 4.57 Å². The second-order valence-corrected chi connectivity index (χ2v) is 4.20. The molecule has 0 bridgehead atoms. The summed E-state index contributed by atoms with van der Waals surface area (Å²) >= 11 is 0. The molecule has 0 N–H and O–H groups in total. The number of amides is 2. The summed E-state index contributed by atoms with van der Waals surface area (Å²) in [6.07, 6.45) is -1.29. The van der Waals surface area contributed by atoms with Crippen molar-refractivity contribution in [1.29, 1.82) is 0 Å².